The quantitative estimate of drug-likeness (QED) is 0.765. The van der Waals surface area contributed by atoms with E-state index in [0.717, 1.165) is 12.1 Å². The van der Waals surface area contributed by atoms with Crippen LogP contribution < -0.4 is 10.6 Å². The third kappa shape index (κ3) is 4.78. The monoisotopic (exact) mass is 368 g/mol. The van der Waals surface area contributed by atoms with Gasteiger partial charge in [0.1, 0.15) is 0 Å². The van der Waals surface area contributed by atoms with Crippen molar-refractivity contribution in [2.75, 3.05) is 36.8 Å². The molecular formula is C18H20N6O3. The maximum atomic E-state index is 12.5. The van der Waals surface area contributed by atoms with Crippen LogP contribution in [0, 0.1) is 0 Å². The molecule has 1 fully saturated rings. The molecule has 0 spiro atoms. The molecule has 0 bridgehead atoms. The fraction of sp³-hybridized carbons (Fsp3) is 0.278. The molecule has 140 valence electrons. The first kappa shape index (κ1) is 18.3. The van der Waals surface area contributed by atoms with Gasteiger partial charge in [-0.05, 0) is 30.3 Å². The Hall–Kier alpha value is -3.49. The van der Waals surface area contributed by atoms with Gasteiger partial charge in [0.2, 0.25) is 12.3 Å². The van der Waals surface area contributed by atoms with Crippen molar-refractivity contribution in [3.05, 3.63) is 42.1 Å². The third-order valence-electron chi connectivity index (χ3n) is 4.09. The van der Waals surface area contributed by atoms with Crippen molar-refractivity contribution in [3.63, 3.8) is 0 Å². The lowest BCUT2D eigenvalue weighted by Crippen LogP contribution is -2.48. The SMILES string of the molecule is CC(=O)Nc1cccc(Nc2ccc(C(=O)N3CCN(C=O)CC3)nn2)c1. The molecule has 9 nitrogen and oxygen atoms in total. The normalized spacial score (nSPS) is 13.8. The molecule has 9 heteroatoms. The molecule has 27 heavy (non-hydrogen) atoms. The summed E-state index contributed by atoms with van der Waals surface area (Å²) >= 11 is 0. The minimum Gasteiger partial charge on any atom is -0.342 e. The van der Waals surface area contributed by atoms with Gasteiger partial charge in [-0.1, -0.05) is 6.07 Å². The van der Waals surface area contributed by atoms with E-state index in [1.165, 1.54) is 6.92 Å². The Labute approximate surface area is 156 Å². The first-order valence-electron chi connectivity index (χ1n) is 8.52. The van der Waals surface area contributed by atoms with Gasteiger partial charge in [-0.25, -0.2) is 0 Å². The fourth-order valence-electron chi connectivity index (χ4n) is 2.73. The predicted molar refractivity (Wildman–Crippen MR) is 99.6 cm³/mol. The van der Waals surface area contributed by atoms with E-state index in [4.69, 9.17) is 0 Å². The zero-order chi connectivity index (χ0) is 19.2. The molecule has 2 heterocycles. The highest BCUT2D eigenvalue weighted by atomic mass is 16.2. The highest BCUT2D eigenvalue weighted by Gasteiger charge is 2.22. The molecule has 1 aliphatic rings. The van der Waals surface area contributed by atoms with E-state index >= 15 is 0 Å². The Bertz CT molecular complexity index is 831. The van der Waals surface area contributed by atoms with Gasteiger partial charge in [0, 0.05) is 44.5 Å². The van der Waals surface area contributed by atoms with E-state index in [2.05, 4.69) is 20.8 Å². The van der Waals surface area contributed by atoms with E-state index in [1.54, 1.807) is 40.1 Å². The minimum atomic E-state index is -0.202. The summed E-state index contributed by atoms with van der Waals surface area (Å²) in [5, 5.41) is 13.8. The highest BCUT2D eigenvalue weighted by molar-refractivity contribution is 5.92. The van der Waals surface area contributed by atoms with Gasteiger partial charge in [0.05, 0.1) is 0 Å². The van der Waals surface area contributed by atoms with Crippen LogP contribution >= 0.6 is 0 Å². The number of hydrogen-bond acceptors (Lipinski definition) is 6. The molecule has 0 saturated carbocycles. The van der Waals surface area contributed by atoms with Crippen molar-refractivity contribution in [2.45, 2.75) is 6.92 Å². The number of rotatable bonds is 5. The summed E-state index contributed by atoms with van der Waals surface area (Å²) in [6.45, 7) is 3.45. The first-order chi connectivity index (χ1) is 13.0. The summed E-state index contributed by atoms with van der Waals surface area (Å²) in [6, 6.07) is 10.5. The molecular weight excluding hydrogens is 348 g/mol. The smallest absolute Gasteiger partial charge is 0.274 e. The number of nitrogens with zero attached hydrogens (tertiary/aromatic N) is 4. The van der Waals surface area contributed by atoms with Crippen LogP contribution in [0.1, 0.15) is 17.4 Å². The van der Waals surface area contributed by atoms with Crippen LogP contribution in [0.2, 0.25) is 0 Å². The minimum absolute atomic E-state index is 0.149. The van der Waals surface area contributed by atoms with Crippen molar-refractivity contribution in [1.82, 2.24) is 20.0 Å². The van der Waals surface area contributed by atoms with Gasteiger partial charge in [-0.3, -0.25) is 14.4 Å². The lowest BCUT2D eigenvalue weighted by molar-refractivity contribution is -0.119. The second-order valence-corrected chi connectivity index (χ2v) is 6.12. The number of hydrogen-bond donors (Lipinski definition) is 2. The summed E-state index contributed by atoms with van der Waals surface area (Å²) in [7, 11) is 0. The van der Waals surface area contributed by atoms with Crippen LogP contribution in [0.4, 0.5) is 17.2 Å². The summed E-state index contributed by atoms with van der Waals surface area (Å²) in [5.74, 6) is 0.133. The van der Waals surface area contributed by atoms with Crippen molar-refractivity contribution < 1.29 is 14.4 Å². The van der Waals surface area contributed by atoms with Crippen LogP contribution in [0.3, 0.4) is 0 Å². The number of piperazine rings is 1. The average Bonchev–Trinajstić information content (AvgIpc) is 2.68. The van der Waals surface area contributed by atoms with Gasteiger partial charge >= 0.3 is 0 Å². The molecule has 1 aliphatic heterocycles. The van der Waals surface area contributed by atoms with Crippen LogP contribution in [-0.4, -0.2) is 64.4 Å². The maximum absolute atomic E-state index is 12.5. The number of benzene rings is 1. The maximum Gasteiger partial charge on any atom is 0.274 e. The topological polar surface area (TPSA) is 108 Å². The van der Waals surface area contributed by atoms with Gasteiger partial charge in [0.15, 0.2) is 11.5 Å². The summed E-state index contributed by atoms with van der Waals surface area (Å²) in [4.78, 5) is 37.6. The third-order valence-corrected chi connectivity index (χ3v) is 4.09. The number of carbonyl (C=O) groups is 3. The second-order valence-electron chi connectivity index (χ2n) is 6.12. The number of aromatic nitrogens is 2. The molecule has 2 N–H and O–H groups in total. The summed E-state index contributed by atoms with van der Waals surface area (Å²) in [6.07, 6.45) is 0.795. The van der Waals surface area contributed by atoms with E-state index in [1.807, 2.05) is 6.07 Å². The van der Waals surface area contributed by atoms with Gasteiger partial charge < -0.3 is 20.4 Å². The van der Waals surface area contributed by atoms with Crippen molar-refractivity contribution >= 4 is 35.4 Å². The van der Waals surface area contributed by atoms with Crippen LogP contribution in [0.15, 0.2) is 36.4 Å². The molecule has 0 radical (unpaired) electrons. The Morgan fingerprint density at radius 1 is 1.04 bits per heavy atom. The standard InChI is InChI=1S/C18H20N6O3/c1-13(26)19-14-3-2-4-15(11-14)20-17-6-5-16(21-22-17)18(27)24-9-7-23(12-25)8-10-24/h2-6,11-12H,7-10H2,1H3,(H,19,26)(H,20,22). The predicted octanol–water partition coefficient (Wildman–Crippen LogP) is 1.09. The van der Waals surface area contributed by atoms with Crippen molar-refractivity contribution in [2.24, 2.45) is 0 Å². The Balaban J connectivity index is 1.63. The largest absolute Gasteiger partial charge is 0.342 e. The zero-order valence-electron chi connectivity index (χ0n) is 14.9. The fourth-order valence-corrected chi connectivity index (χ4v) is 2.73. The van der Waals surface area contributed by atoms with E-state index in [9.17, 15) is 14.4 Å². The van der Waals surface area contributed by atoms with E-state index in [0.29, 0.717) is 37.7 Å². The van der Waals surface area contributed by atoms with Crippen LogP contribution in [0.5, 0.6) is 0 Å². The van der Waals surface area contributed by atoms with Gasteiger partial charge in [-0.15, -0.1) is 10.2 Å². The van der Waals surface area contributed by atoms with Gasteiger partial charge in [-0.2, -0.15) is 0 Å². The van der Waals surface area contributed by atoms with Gasteiger partial charge in [0.25, 0.3) is 5.91 Å². The molecule has 0 atom stereocenters. The molecule has 1 aromatic heterocycles. The zero-order valence-corrected chi connectivity index (χ0v) is 14.9. The van der Waals surface area contributed by atoms with Crippen LogP contribution in [-0.2, 0) is 9.59 Å². The Kier molecular flexibility index (Phi) is 5.60. The molecule has 3 rings (SSSR count). The molecule has 1 saturated heterocycles. The Morgan fingerprint density at radius 3 is 2.41 bits per heavy atom. The molecule has 3 amide bonds. The summed E-state index contributed by atoms with van der Waals surface area (Å²) < 4.78 is 0. The number of carbonyl (C=O) groups excluding carboxylic acids is 3. The lowest BCUT2D eigenvalue weighted by Gasteiger charge is -2.32. The van der Waals surface area contributed by atoms with Crippen LogP contribution in [0.25, 0.3) is 0 Å². The number of amides is 3. The van der Waals surface area contributed by atoms with E-state index < -0.39 is 0 Å². The first-order valence-corrected chi connectivity index (χ1v) is 8.52. The Morgan fingerprint density at radius 2 is 1.78 bits per heavy atom. The lowest BCUT2D eigenvalue weighted by atomic mass is 10.2. The molecule has 2 aromatic rings. The second kappa shape index (κ2) is 8.26. The van der Waals surface area contributed by atoms with E-state index in [-0.39, 0.29) is 17.5 Å². The molecule has 0 aliphatic carbocycles. The highest BCUT2D eigenvalue weighted by Crippen LogP contribution is 2.19. The van der Waals surface area contributed by atoms with Crippen molar-refractivity contribution in [3.8, 4) is 0 Å². The van der Waals surface area contributed by atoms with Crippen molar-refractivity contribution in [1.29, 1.82) is 0 Å². The average molecular weight is 368 g/mol. The molecule has 1 aromatic carbocycles. The summed E-state index contributed by atoms with van der Waals surface area (Å²) in [5.41, 5.74) is 1.66. The molecule has 0 unspecified atom stereocenters. The number of nitrogens with one attached hydrogen (secondary N) is 2. The number of anilines is 3.